The number of thiazole rings is 1. The standard InChI is InChI=1S/C20H15FN4O2S2/c1-12-22-18(27-25-12)11-28-17-5-3-2-4-15(17)19(26)24-20-23-16(10-29-20)13-6-8-14(21)9-7-13/h2-10H,11H2,1H3,(H,23,24,26). The van der Waals surface area contributed by atoms with Gasteiger partial charge in [0.05, 0.1) is 17.0 Å². The summed E-state index contributed by atoms with van der Waals surface area (Å²) >= 11 is 2.76. The predicted molar refractivity (Wildman–Crippen MR) is 110 cm³/mol. The summed E-state index contributed by atoms with van der Waals surface area (Å²) < 4.78 is 18.2. The highest BCUT2D eigenvalue weighted by atomic mass is 32.2. The van der Waals surface area contributed by atoms with Gasteiger partial charge in [0.25, 0.3) is 5.91 Å². The molecule has 0 aliphatic carbocycles. The number of hydrogen-bond donors (Lipinski definition) is 1. The molecule has 0 bridgehead atoms. The summed E-state index contributed by atoms with van der Waals surface area (Å²) in [5.74, 6) is 0.993. The highest BCUT2D eigenvalue weighted by Crippen LogP contribution is 2.28. The molecule has 0 fully saturated rings. The average molecular weight is 426 g/mol. The topological polar surface area (TPSA) is 80.9 Å². The Hall–Kier alpha value is -3.04. The molecule has 2 heterocycles. The third kappa shape index (κ3) is 4.69. The maximum atomic E-state index is 13.1. The summed E-state index contributed by atoms with van der Waals surface area (Å²) in [6.45, 7) is 1.76. The maximum Gasteiger partial charge on any atom is 0.258 e. The van der Waals surface area contributed by atoms with Crippen LogP contribution in [0.4, 0.5) is 9.52 Å². The van der Waals surface area contributed by atoms with Crippen LogP contribution in [0.2, 0.25) is 0 Å². The van der Waals surface area contributed by atoms with Crippen molar-refractivity contribution < 1.29 is 13.7 Å². The first-order valence-corrected chi connectivity index (χ1v) is 10.5. The molecule has 29 heavy (non-hydrogen) atoms. The number of hydrogen-bond acceptors (Lipinski definition) is 7. The van der Waals surface area contributed by atoms with Crippen molar-refractivity contribution in [1.29, 1.82) is 0 Å². The van der Waals surface area contributed by atoms with E-state index < -0.39 is 0 Å². The lowest BCUT2D eigenvalue weighted by Gasteiger charge is -2.07. The molecule has 9 heteroatoms. The number of aromatic nitrogens is 3. The zero-order valence-electron chi connectivity index (χ0n) is 15.3. The van der Waals surface area contributed by atoms with Crippen LogP contribution >= 0.6 is 23.1 Å². The van der Waals surface area contributed by atoms with Crippen molar-refractivity contribution in [1.82, 2.24) is 15.1 Å². The molecule has 0 atom stereocenters. The van der Waals surface area contributed by atoms with E-state index in [0.717, 1.165) is 10.5 Å². The highest BCUT2D eigenvalue weighted by Gasteiger charge is 2.15. The molecule has 0 radical (unpaired) electrons. The predicted octanol–water partition coefficient (Wildman–Crippen LogP) is 5.19. The quantitative estimate of drug-likeness (QED) is 0.428. The van der Waals surface area contributed by atoms with E-state index in [9.17, 15) is 9.18 Å². The first kappa shape index (κ1) is 19.3. The number of halogens is 1. The minimum Gasteiger partial charge on any atom is -0.338 e. The van der Waals surface area contributed by atoms with E-state index in [1.54, 1.807) is 25.1 Å². The van der Waals surface area contributed by atoms with E-state index in [1.165, 1.54) is 35.2 Å². The van der Waals surface area contributed by atoms with Gasteiger partial charge >= 0.3 is 0 Å². The van der Waals surface area contributed by atoms with Gasteiger partial charge in [0, 0.05) is 15.8 Å². The van der Waals surface area contributed by atoms with E-state index in [2.05, 4.69) is 20.4 Å². The fourth-order valence-electron chi connectivity index (χ4n) is 2.57. The monoisotopic (exact) mass is 426 g/mol. The Morgan fingerprint density at radius 1 is 1.17 bits per heavy atom. The summed E-state index contributed by atoms with van der Waals surface area (Å²) in [4.78, 5) is 22.2. The van der Waals surface area contributed by atoms with Crippen LogP contribution in [0.25, 0.3) is 11.3 Å². The lowest BCUT2D eigenvalue weighted by molar-refractivity contribution is 0.102. The van der Waals surface area contributed by atoms with E-state index in [4.69, 9.17) is 4.52 Å². The van der Waals surface area contributed by atoms with Gasteiger partial charge in [0.1, 0.15) is 5.82 Å². The molecular weight excluding hydrogens is 411 g/mol. The second-order valence-corrected chi connectivity index (χ2v) is 7.89. The minimum atomic E-state index is -0.303. The third-order valence-electron chi connectivity index (χ3n) is 3.92. The summed E-state index contributed by atoms with van der Waals surface area (Å²) in [6, 6.07) is 13.4. The summed E-state index contributed by atoms with van der Waals surface area (Å²) in [7, 11) is 0. The number of carbonyl (C=O) groups is 1. The Morgan fingerprint density at radius 2 is 1.97 bits per heavy atom. The first-order chi connectivity index (χ1) is 14.1. The molecule has 0 saturated carbocycles. The van der Waals surface area contributed by atoms with Crippen molar-refractivity contribution >= 4 is 34.1 Å². The molecule has 0 saturated heterocycles. The molecule has 0 spiro atoms. The van der Waals surface area contributed by atoms with Gasteiger partial charge < -0.3 is 4.52 Å². The number of amides is 1. The van der Waals surface area contributed by atoms with E-state index >= 15 is 0 Å². The number of anilines is 1. The Balaban J connectivity index is 1.47. The molecule has 2 aromatic heterocycles. The number of nitrogens with zero attached hydrogens (tertiary/aromatic N) is 3. The molecule has 2 aromatic carbocycles. The van der Waals surface area contributed by atoms with Crippen molar-refractivity contribution in [3.05, 3.63) is 77.0 Å². The van der Waals surface area contributed by atoms with Gasteiger partial charge in [-0.2, -0.15) is 4.98 Å². The summed E-state index contributed by atoms with van der Waals surface area (Å²) in [5, 5.41) is 8.89. The van der Waals surface area contributed by atoms with Gasteiger partial charge in [0.2, 0.25) is 5.89 Å². The largest absolute Gasteiger partial charge is 0.338 e. The lowest BCUT2D eigenvalue weighted by atomic mass is 10.2. The second-order valence-electron chi connectivity index (χ2n) is 6.02. The van der Waals surface area contributed by atoms with Crippen molar-refractivity contribution in [3.8, 4) is 11.3 Å². The molecule has 146 valence electrons. The van der Waals surface area contributed by atoms with Gasteiger partial charge in [-0.25, -0.2) is 9.37 Å². The van der Waals surface area contributed by atoms with Crippen LogP contribution in [0.1, 0.15) is 22.1 Å². The van der Waals surface area contributed by atoms with Crippen molar-refractivity contribution in [2.24, 2.45) is 0 Å². The van der Waals surface area contributed by atoms with Gasteiger partial charge in [-0.1, -0.05) is 17.3 Å². The number of benzene rings is 2. The van der Waals surface area contributed by atoms with E-state index in [0.29, 0.717) is 33.9 Å². The Morgan fingerprint density at radius 3 is 2.72 bits per heavy atom. The average Bonchev–Trinajstić information content (AvgIpc) is 3.36. The Bertz CT molecular complexity index is 1140. The van der Waals surface area contributed by atoms with E-state index in [-0.39, 0.29) is 11.7 Å². The van der Waals surface area contributed by atoms with Crippen molar-refractivity contribution in [2.45, 2.75) is 17.6 Å². The number of thioether (sulfide) groups is 1. The fourth-order valence-corrected chi connectivity index (χ4v) is 4.17. The zero-order chi connectivity index (χ0) is 20.2. The Labute approximate surface area is 174 Å². The molecule has 0 aliphatic rings. The molecular formula is C20H15FN4O2S2. The third-order valence-corrected chi connectivity index (χ3v) is 5.73. The highest BCUT2D eigenvalue weighted by molar-refractivity contribution is 7.98. The maximum absolute atomic E-state index is 13.1. The molecule has 6 nitrogen and oxygen atoms in total. The van der Waals surface area contributed by atoms with Crippen LogP contribution in [-0.4, -0.2) is 21.0 Å². The van der Waals surface area contributed by atoms with Gasteiger partial charge in [-0.05, 0) is 43.3 Å². The number of rotatable bonds is 6. The molecule has 4 rings (SSSR count). The van der Waals surface area contributed by atoms with Crippen molar-refractivity contribution in [3.63, 3.8) is 0 Å². The minimum absolute atomic E-state index is 0.255. The van der Waals surface area contributed by atoms with E-state index in [1.807, 2.05) is 23.6 Å². The number of aryl methyl sites for hydroxylation is 1. The number of nitrogens with one attached hydrogen (secondary N) is 1. The van der Waals surface area contributed by atoms with Gasteiger partial charge in [0.15, 0.2) is 11.0 Å². The van der Waals surface area contributed by atoms with Crippen LogP contribution in [0, 0.1) is 12.7 Å². The van der Waals surface area contributed by atoms with Crippen LogP contribution in [0.5, 0.6) is 0 Å². The van der Waals surface area contributed by atoms with Crippen LogP contribution < -0.4 is 5.32 Å². The van der Waals surface area contributed by atoms with Gasteiger partial charge in [-0.3, -0.25) is 10.1 Å². The number of carbonyl (C=O) groups excluding carboxylic acids is 1. The summed E-state index contributed by atoms with van der Waals surface area (Å²) in [5.41, 5.74) is 2.00. The van der Waals surface area contributed by atoms with Crippen LogP contribution in [0.3, 0.4) is 0 Å². The Kier molecular flexibility index (Phi) is 5.68. The molecule has 0 aliphatic heterocycles. The van der Waals surface area contributed by atoms with Crippen LogP contribution in [0.15, 0.2) is 63.3 Å². The summed E-state index contributed by atoms with van der Waals surface area (Å²) in [6.07, 6.45) is 0. The lowest BCUT2D eigenvalue weighted by Crippen LogP contribution is -2.12. The molecule has 0 unspecified atom stereocenters. The zero-order valence-corrected chi connectivity index (χ0v) is 16.9. The molecule has 4 aromatic rings. The normalized spacial score (nSPS) is 10.8. The molecule has 1 amide bonds. The fraction of sp³-hybridized carbons (Fsp3) is 0.100. The van der Waals surface area contributed by atoms with Crippen LogP contribution in [-0.2, 0) is 5.75 Å². The molecule has 1 N–H and O–H groups in total. The van der Waals surface area contributed by atoms with Crippen molar-refractivity contribution in [2.75, 3.05) is 5.32 Å². The SMILES string of the molecule is Cc1noc(CSc2ccccc2C(=O)Nc2nc(-c3ccc(F)cc3)cs2)n1. The first-order valence-electron chi connectivity index (χ1n) is 8.62. The van der Waals surface area contributed by atoms with Gasteiger partial charge in [-0.15, -0.1) is 23.1 Å². The second kappa shape index (κ2) is 8.54. The smallest absolute Gasteiger partial charge is 0.258 e.